The first kappa shape index (κ1) is 26.2. The maximum absolute atomic E-state index is 12.7. The lowest BCUT2D eigenvalue weighted by atomic mass is 10.1. The van der Waals surface area contributed by atoms with Crippen LogP contribution in [0.25, 0.3) is 6.08 Å². The lowest BCUT2D eigenvalue weighted by Gasteiger charge is -2.15. The lowest BCUT2D eigenvalue weighted by Crippen LogP contribution is -2.23. The predicted molar refractivity (Wildman–Crippen MR) is 146 cm³/mol. The van der Waals surface area contributed by atoms with Crippen molar-refractivity contribution in [3.63, 3.8) is 0 Å². The van der Waals surface area contributed by atoms with Gasteiger partial charge >= 0.3 is 0 Å². The molecular weight excluding hydrogens is 587 g/mol. The molecule has 190 valence electrons. The highest BCUT2D eigenvalue weighted by Gasteiger charge is 2.17. The number of nitriles is 1. The van der Waals surface area contributed by atoms with Crippen molar-refractivity contribution in [1.82, 2.24) is 5.32 Å². The van der Waals surface area contributed by atoms with E-state index in [9.17, 15) is 10.1 Å². The Morgan fingerprint density at radius 2 is 1.84 bits per heavy atom. The maximum Gasteiger partial charge on any atom is 0.262 e. The number of fused-ring (bicyclic) bond motifs is 1. The second-order valence-electron chi connectivity index (χ2n) is 7.94. The van der Waals surface area contributed by atoms with E-state index < -0.39 is 5.91 Å². The van der Waals surface area contributed by atoms with Crippen LogP contribution in [0.5, 0.6) is 28.7 Å². The number of ether oxygens (including phenoxy) is 5. The van der Waals surface area contributed by atoms with Crippen LogP contribution >= 0.6 is 22.6 Å². The first-order valence-electron chi connectivity index (χ1n) is 11.5. The molecular formula is C28H25IN2O6. The second-order valence-corrected chi connectivity index (χ2v) is 9.10. The molecule has 0 fully saturated rings. The van der Waals surface area contributed by atoms with E-state index in [0.29, 0.717) is 41.8 Å². The summed E-state index contributed by atoms with van der Waals surface area (Å²) in [6.07, 6.45) is 1.54. The topological polar surface area (TPSA) is 99.0 Å². The zero-order valence-corrected chi connectivity index (χ0v) is 22.5. The minimum atomic E-state index is -0.463. The Kier molecular flexibility index (Phi) is 8.74. The van der Waals surface area contributed by atoms with Crippen molar-refractivity contribution < 1.29 is 28.5 Å². The quantitative estimate of drug-likeness (QED) is 0.190. The minimum absolute atomic E-state index is 0.0132. The molecule has 0 unspecified atom stereocenters. The van der Waals surface area contributed by atoms with Crippen molar-refractivity contribution in [3.05, 3.63) is 80.4 Å². The van der Waals surface area contributed by atoms with Crippen LogP contribution in [-0.2, 0) is 17.9 Å². The van der Waals surface area contributed by atoms with Gasteiger partial charge in [0, 0.05) is 6.54 Å². The average Bonchev–Trinajstić information content (AvgIpc) is 3.38. The smallest absolute Gasteiger partial charge is 0.262 e. The number of hydrogen-bond donors (Lipinski definition) is 1. The molecule has 1 amide bonds. The van der Waals surface area contributed by atoms with E-state index in [1.807, 2.05) is 61.5 Å². The number of carbonyl (C=O) groups is 1. The molecule has 3 aromatic rings. The predicted octanol–water partition coefficient (Wildman–Crippen LogP) is 5.23. The molecule has 0 atom stereocenters. The van der Waals surface area contributed by atoms with Crippen LogP contribution in [0.15, 0.2) is 60.2 Å². The highest BCUT2D eigenvalue weighted by atomic mass is 127. The zero-order chi connectivity index (χ0) is 26.2. The number of methoxy groups -OCH3 is 1. The molecule has 9 heteroatoms. The molecule has 8 nitrogen and oxygen atoms in total. The van der Waals surface area contributed by atoms with Gasteiger partial charge in [0.2, 0.25) is 6.79 Å². The molecule has 0 radical (unpaired) electrons. The Balaban J connectivity index is 1.48. The number of carbonyl (C=O) groups excluding carboxylic acids is 1. The molecule has 0 bridgehead atoms. The summed E-state index contributed by atoms with van der Waals surface area (Å²) in [7, 11) is 1.59. The number of halogens is 1. The number of rotatable bonds is 10. The maximum atomic E-state index is 12.7. The van der Waals surface area contributed by atoms with Gasteiger partial charge < -0.3 is 29.0 Å². The van der Waals surface area contributed by atoms with Crippen molar-refractivity contribution in [2.45, 2.75) is 20.1 Å². The fourth-order valence-electron chi connectivity index (χ4n) is 3.60. The van der Waals surface area contributed by atoms with Crippen LogP contribution in [-0.4, -0.2) is 26.4 Å². The largest absolute Gasteiger partial charge is 0.497 e. The van der Waals surface area contributed by atoms with Gasteiger partial charge in [-0.3, -0.25) is 4.79 Å². The molecule has 4 rings (SSSR count). The third-order valence-corrected chi connectivity index (χ3v) is 6.24. The molecule has 1 aliphatic rings. The van der Waals surface area contributed by atoms with Crippen molar-refractivity contribution in [3.8, 4) is 34.8 Å². The summed E-state index contributed by atoms with van der Waals surface area (Å²) < 4.78 is 28.6. The molecule has 1 heterocycles. The van der Waals surface area contributed by atoms with Crippen LogP contribution in [0.2, 0.25) is 0 Å². The summed E-state index contributed by atoms with van der Waals surface area (Å²) >= 11 is 2.16. The van der Waals surface area contributed by atoms with Gasteiger partial charge in [0.15, 0.2) is 23.0 Å². The van der Waals surface area contributed by atoms with Gasteiger partial charge in [0.05, 0.1) is 17.3 Å². The summed E-state index contributed by atoms with van der Waals surface area (Å²) in [6, 6.07) is 18.6. The van der Waals surface area contributed by atoms with E-state index in [2.05, 4.69) is 27.9 Å². The Labute approximate surface area is 228 Å². The van der Waals surface area contributed by atoms with Crippen molar-refractivity contribution >= 4 is 34.6 Å². The Hall–Kier alpha value is -3.91. The van der Waals surface area contributed by atoms with E-state index in [1.54, 1.807) is 13.2 Å². The molecule has 0 aromatic heterocycles. The monoisotopic (exact) mass is 612 g/mol. The molecule has 3 aromatic carbocycles. The van der Waals surface area contributed by atoms with Gasteiger partial charge in [-0.05, 0) is 88.7 Å². The Morgan fingerprint density at radius 1 is 1.08 bits per heavy atom. The zero-order valence-electron chi connectivity index (χ0n) is 20.4. The van der Waals surface area contributed by atoms with Gasteiger partial charge in [-0.2, -0.15) is 5.26 Å². The number of hydrogen-bond acceptors (Lipinski definition) is 7. The molecule has 1 aliphatic heterocycles. The van der Waals surface area contributed by atoms with Gasteiger partial charge in [-0.15, -0.1) is 0 Å². The lowest BCUT2D eigenvalue weighted by molar-refractivity contribution is -0.117. The second kappa shape index (κ2) is 12.4. The van der Waals surface area contributed by atoms with E-state index in [0.717, 1.165) is 20.4 Å². The highest BCUT2D eigenvalue weighted by molar-refractivity contribution is 14.1. The van der Waals surface area contributed by atoms with Crippen LogP contribution in [0.4, 0.5) is 0 Å². The van der Waals surface area contributed by atoms with Gasteiger partial charge in [0.1, 0.15) is 24.0 Å². The summed E-state index contributed by atoms with van der Waals surface area (Å²) in [4.78, 5) is 12.7. The van der Waals surface area contributed by atoms with E-state index in [-0.39, 0.29) is 18.9 Å². The highest BCUT2D eigenvalue weighted by Crippen LogP contribution is 2.37. The van der Waals surface area contributed by atoms with Gasteiger partial charge in [0.25, 0.3) is 5.91 Å². The number of nitrogens with one attached hydrogen (secondary N) is 1. The molecule has 0 saturated carbocycles. The summed E-state index contributed by atoms with van der Waals surface area (Å²) in [5.74, 6) is 2.78. The molecule has 0 aliphatic carbocycles. The minimum Gasteiger partial charge on any atom is -0.497 e. The van der Waals surface area contributed by atoms with Gasteiger partial charge in [-0.1, -0.05) is 18.2 Å². The first-order valence-corrected chi connectivity index (χ1v) is 12.6. The summed E-state index contributed by atoms with van der Waals surface area (Å²) in [5.41, 5.74) is 2.45. The third kappa shape index (κ3) is 6.65. The van der Waals surface area contributed by atoms with Gasteiger partial charge in [-0.25, -0.2) is 0 Å². The van der Waals surface area contributed by atoms with Crippen LogP contribution in [0, 0.1) is 14.9 Å². The van der Waals surface area contributed by atoms with Crippen LogP contribution < -0.4 is 29.0 Å². The van der Waals surface area contributed by atoms with Crippen molar-refractivity contribution in [1.29, 1.82) is 5.26 Å². The van der Waals surface area contributed by atoms with Crippen molar-refractivity contribution in [2.75, 3.05) is 20.5 Å². The number of benzene rings is 3. The fourth-order valence-corrected chi connectivity index (χ4v) is 4.38. The average molecular weight is 612 g/mol. The van der Waals surface area contributed by atoms with E-state index in [1.165, 1.54) is 6.08 Å². The van der Waals surface area contributed by atoms with Crippen LogP contribution in [0.3, 0.4) is 0 Å². The van der Waals surface area contributed by atoms with Crippen molar-refractivity contribution in [2.24, 2.45) is 0 Å². The number of amides is 1. The summed E-state index contributed by atoms with van der Waals surface area (Å²) in [5, 5.41) is 12.4. The van der Waals surface area contributed by atoms with E-state index in [4.69, 9.17) is 23.7 Å². The fraction of sp³-hybridized carbons (Fsp3) is 0.214. The SMILES string of the molecule is CCOc1cc(/C=C(/C#N)C(=O)NCc2ccc(OC)cc2)cc(I)c1OCc1ccc2c(c1)OCO2. The standard InChI is InChI=1S/C28H25IN2O6/c1-3-34-26-13-20(10-21(14-30)28(32)31-15-18-4-7-22(33-2)8-5-18)11-23(29)27(26)35-16-19-6-9-24-25(12-19)37-17-36-24/h4-13H,3,15-17H2,1-2H3,(H,31,32)/b21-10-. The molecule has 1 N–H and O–H groups in total. The first-order chi connectivity index (χ1) is 18.0. The Bertz CT molecular complexity index is 1350. The molecule has 0 spiro atoms. The van der Waals surface area contributed by atoms with E-state index >= 15 is 0 Å². The normalized spacial score (nSPS) is 12.0. The number of nitrogens with zero attached hydrogens (tertiary/aromatic N) is 1. The van der Waals surface area contributed by atoms with Crippen LogP contribution in [0.1, 0.15) is 23.6 Å². The molecule has 37 heavy (non-hydrogen) atoms. The third-order valence-electron chi connectivity index (χ3n) is 5.44. The molecule has 0 saturated heterocycles. The summed E-state index contributed by atoms with van der Waals surface area (Å²) in [6.45, 7) is 3.11. The Morgan fingerprint density at radius 3 is 2.57 bits per heavy atom.